The predicted octanol–water partition coefficient (Wildman–Crippen LogP) is 5.21. The maximum Gasteiger partial charge on any atom is 0.120 e. The number of aryl methyl sites for hydroxylation is 2. The third kappa shape index (κ3) is 4.15. The van der Waals surface area contributed by atoms with Gasteiger partial charge in [-0.05, 0) is 61.4 Å². The lowest BCUT2D eigenvalue weighted by molar-refractivity contribution is 0.332. The molecule has 0 spiro atoms. The Labute approximate surface area is 133 Å². The minimum absolute atomic E-state index is 0.608. The van der Waals surface area contributed by atoms with Gasteiger partial charge in [-0.1, -0.05) is 27.5 Å². The van der Waals surface area contributed by atoms with Crippen LogP contribution < -0.4 is 10.1 Å². The molecule has 2 aromatic carbocycles. The summed E-state index contributed by atoms with van der Waals surface area (Å²) in [7, 11) is 0. The SMILES string of the molecule is Cc1cc(OCCNc2ccc(Br)cc2)cc(C)c1Cl. The van der Waals surface area contributed by atoms with E-state index in [9.17, 15) is 0 Å². The van der Waals surface area contributed by atoms with E-state index in [1.54, 1.807) is 0 Å². The first-order chi connectivity index (χ1) is 9.56. The van der Waals surface area contributed by atoms with Gasteiger partial charge < -0.3 is 10.1 Å². The molecule has 0 bridgehead atoms. The van der Waals surface area contributed by atoms with E-state index in [4.69, 9.17) is 16.3 Å². The Hall–Kier alpha value is -1.19. The molecule has 0 saturated carbocycles. The van der Waals surface area contributed by atoms with Crippen molar-refractivity contribution in [2.24, 2.45) is 0 Å². The van der Waals surface area contributed by atoms with E-state index >= 15 is 0 Å². The highest BCUT2D eigenvalue weighted by Crippen LogP contribution is 2.25. The van der Waals surface area contributed by atoms with Crippen molar-refractivity contribution in [2.75, 3.05) is 18.5 Å². The Morgan fingerprint density at radius 1 is 1.10 bits per heavy atom. The summed E-state index contributed by atoms with van der Waals surface area (Å²) in [5.41, 5.74) is 3.17. The molecule has 0 atom stereocenters. The van der Waals surface area contributed by atoms with Crippen molar-refractivity contribution in [2.45, 2.75) is 13.8 Å². The number of ether oxygens (including phenoxy) is 1. The van der Waals surface area contributed by atoms with E-state index in [1.807, 2.05) is 50.2 Å². The van der Waals surface area contributed by atoms with Gasteiger partial charge in [-0.2, -0.15) is 0 Å². The standard InChI is InChI=1S/C16H17BrClNO/c1-11-9-15(10-12(2)16(11)18)20-8-7-19-14-5-3-13(17)4-6-14/h3-6,9-10,19H,7-8H2,1-2H3. The monoisotopic (exact) mass is 353 g/mol. The van der Waals surface area contributed by atoms with E-state index in [1.165, 1.54) is 0 Å². The molecule has 0 aliphatic heterocycles. The van der Waals surface area contributed by atoms with Gasteiger partial charge in [0, 0.05) is 21.7 Å². The van der Waals surface area contributed by atoms with E-state index < -0.39 is 0 Å². The Kier molecular flexibility index (Phi) is 5.32. The first kappa shape index (κ1) is 15.2. The van der Waals surface area contributed by atoms with E-state index in [0.29, 0.717) is 6.61 Å². The average molecular weight is 355 g/mol. The minimum Gasteiger partial charge on any atom is -0.492 e. The van der Waals surface area contributed by atoms with Gasteiger partial charge in [-0.15, -0.1) is 0 Å². The number of benzene rings is 2. The first-order valence-corrected chi connectivity index (χ1v) is 7.62. The number of rotatable bonds is 5. The molecule has 0 heterocycles. The second-order valence-electron chi connectivity index (χ2n) is 4.65. The average Bonchev–Trinajstić information content (AvgIpc) is 2.43. The van der Waals surface area contributed by atoms with Gasteiger partial charge in [0.1, 0.15) is 12.4 Å². The maximum absolute atomic E-state index is 6.13. The Balaban J connectivity index is 1.83. The number of halogens is 2. The molecule has 0 fully saturated rings. The Bertz CT molecular complexity index is 561. The van der Waals surface area contributed by atoms with Crippen molar-refractivity contribution >= 4 is 33.2 Å². The molecular weight excluding hydrogens is 338 g/mol. The van der Waals surface area contributed by atoms with Gasteiger partial charge in [0.05, 0.1) is 0 Å². The summed E-state index contributed by atoms with van der Waals surface area (Å²) < 4.78 is 6.81. The molecule has 0 aliphatic carbocycles. The lowest BCUT2D eigenvalue weighted by Crippen LogP contribution is -2.11. The molecule has 2 nitrogen and oxygen atoms in total. The van der Waals surface area contributed by atoms with Crippen molar-refractivity contribution < 1.29 is 4.74 Å². The minimum atomic E-state index is 0.608. The zero-order valence-corrected chi connectivity index (χ0v) is 13.9. The van der Waals surface area contributed by atoms with Crippen molar-refractivity contribution in [3.8, 4) is 5.75 Å². The molecule has 0 aliphatic rings. The number of hydrogen-bond donors (Lipinski definition) is 1. The second kappa shape index (κ2) is 7.00. The molecule has 2 aromatic rings. The normalized spacial score (nSPS) is 10.4. The quantitative estimate of drug-likeness (QED) is 0.744. The number of nitrogens with one attached hydrogen (secondary N) is 1. The molecule has 0 saturated heterocycles. The van der Waals surface area contributed by atoms with Crippen LogP contribution in [0.25, 0.3) is 0 Å². The van der Waals surface area contributed by atoms with Crippen LogP contribution in [0.2, 0.25) is 5.02 Å². The summed E-state index contributed by atoms with van der Waals surface area (Å²) in [4.78, 5) is 0. The van der Waals surface area contributed by atoms with Crippen LogP contribution in [0.3, 0.4) is 0 Å². The van der Waals surface area contributed by atoms with Gasteiger partial charge in [-0.3, -0.25) is 0 Å². The number of hydrogen-bond acceptors (Lipinski definition) is 2. The van der Waals surface area contributed by atoms with Crippen LogP contribution in [0.5, 0.6) is 5.75 Å². The molecule has 2 rings (SSSR count). The fourth-order valence-electron chi connectivity index (χ4n) is 1.92. The highest BCUT2D eigenvalue weighted by atomic mass is 79.9. The highest BCUT2D eigenvalue weighted by Gasteiger charge is 2.03. The van der Waals surface area contributed by atoms with Crippen LogP contribution in [0, 0.1) is 13.8 Å². The van der Waals surface area contributed by atoms with Crippen molar-refractivity contribution in [1.82, 2.24) is 0 Å². The predicted molar refractivity (Wildman–Crippen MR) is 89.1 cm³/mol. The largest absolute Gasteiger partial charge is 0.492 e. The summed E-state index contributed by atoms with van der Waals surface area (Å²) in [5, 5.41) is 4.12. The van der Waals surface area contributed by atoms with Crippen LogP contribution >= 0.6 is 27.5 Å². The third-order valence-electron chi connectivity index (χ3n) is 2.95. The van der Waals surface area contributed by atoms with Gasteiger partial charge in [0.15, 0.2) is 0 Å². The van der Waals surface area contributed by atoms with Crippen LogP contribution in [0.15, 0.2) is 40.9 Å². The van der Waals surface area contributed by atoms with Crippen LogP contribution in [-0.2, 0) is 0 Å². The van der Waals surface area contributed by atoms with Gasteiger partial charge in [0.2, 0.25) is 0 Å². The summed E-state index contributed by atoms with van der Waals surface area (Å²) in [5.74, 6) is 0.863. The first-order valence-electron chi connectivity index (χ1n) is 6.45. The Morgan fingerprint density at radius 2 is 1.70 bits per heavy atom. The third-order valence-corrected chi connectivity index (χ3v) is 4.08. The molecule has 4 heteroatoms. The number of anilines is 1. The molecule has 0 aromatic heterocycles. The summed E-state index contributed by atoms with van der Waals surface area (Å²) in [6.45, 7) is 5.34. The molecule has 106 valence electrons. The van der Waals surface area contributed by atoms with Crippen LogP contribution in [0.4, 0.5) is 5.69 Å². The molecule has 0 radical (unpaired) electrons. The van der Waals surface area contributed by atoms with Crippen molar-refractivity contribution in [1.29, 1.82) is 0 Å². The molecule has 20 heavy (non-hydrogen) atoms. The molecular formula is C16H17BrClNO. The summed E-state index contributed by atoms with van der Waals surface area (Å²) in [6.07, 6.45) is 0. The fourth-order valence-corrected chi connectivity index (χ4v) is 2.29. The summed E-state index contributed by atoms with van der Waals surface area (Å²) >= 11 is 9.55. The molecule has 0 unspecified atom stereocenters. The smallest absolute Gasteiger partial charge is 0.120 e. The Morgan fingerprint density at radius 3 is 2.30 bits per heavy atom. The summed E-state index contributed by atoms with van der Waals surface area (Å²) in [6, 6.07) is 12.0. The van der Waals surface area contributed by atoms with Gasteiger partial charge in [0.25, 0.3) is 0 Å². The van der Waals surface area contributed by atoms with Crippen LogP contribution in [-0.4, -0.2) is 13.2 Å². The zero-order chi connectivity index (χ0) is 14.5. The zero-order valence-electron chi connectivity index (χ0n) is 11.5. The van der Waals surface area contributed by atoms with Gasteiger partial charge in [-0.25, -0.2) is 0 Å². The lowest BCUT2D eigenvalue weighted by Gasteiger charge is -2.11. The van der Waals surface area contributed by atoms with E-state index in [2.05, 4.69) is 21.2 Å². The molecule has 0 amide bonds. The maximum atomic E-state index is 6.13. The second-order valence-corrected chi connectivity index (χ2v) is 5.95. The van der Waals surface area contributed by atoms with Crippen molar-refractivity contribution in [3.63, 3.8) is 0 Å². The molecule has 1 N–H and O–H groups in total. The fraction of sp³-hybridized carbons (Fsp3) is 0.250. The van der Waals surface area contributed by atoms with Crippen LogP contribution in [0.1, 0.15) is 11.1 Å². The lowest BCUT2D eigenvalue weighted by atomic mass is 10.1. The topological polar surface area (TPSA) is 21.3 Å². The van der Waals surface area contributed by atoms with Gasteiger partial charge >= 0.3 is 0 Å². The van der Waals surface area contributed by atoms with E-state index in [0.717, 1.165) is 38.6 Å². The van der Waals surface area contributed by atoms with Crippen molar-refractivity contribution in [3.05, 3.63) is 57.0 Å². The van der Waals surface area contributed by atoms with E-state index in [-0.39, 0.29) is 0 Å². The highest BCUT2D eigenvalue weighted by molar-refractivity contribution is 9.10.